The summed E-state index contributed by atoms with van der Waals surface area (Å²) >= 11 is 0. The van der Waals surface area contributed by atoms with Crippen molar-refractivity contribution < 1.29 is 14.1 Å². The molecule has 0 radical (unpaired) electrons. The molecule has 0 saturated heterocycles. The minimum atomic E-state index is -0.745. The van der Waals surface area contributed by atoms with Gasteiger partial charge in [0, 0.05) is 6.07 Å². The third-order valence-electron chi connectivity index (χ3n) is 2.70. The van der Waals surface area contributed by atoms with Crippen LogP contribution < -0.4 is 5.32 Å². The molecule has 104 valence electrons. The highest BCUT2D eigenvalue weighted by Gasteiger charge is 2.20. The molecule has 0 saturated carbocycles. The number of halogens is 1. The maximum atomic E-state index is 13.0. The van der Waals surface area contributed by atoms with Gasteiger partial charge in [-0.1, -0.05) is 12.1 Å². The van der Waals surface area contributed by atoms with Gasteiger partial charge in [0.15, 0.2) is 0 Å². The molecule has 0 aliphatic rings. The fourth-order valence-electron chi connectivity index (χ4n) is 1.73. The van der Waals surface area contributed by atoms with E-state index in [-0.39, 0.29) is 22.5 Å². The van der Waals surface area contributed by atoms with Crippen LogP contribution >= 0.6 is 0 Å². The van der Waals surface area contributed by atoms with Gasteiger partial charge in [-0.05, 0) is 24.3 Å². The average Bonchev–Trinajstić information content (AvgIpc) is 2.48. The zero-order valence-corrected chi connectivity index (χ0v) is 10.5. The molecule has 1 amide bonds. The van der Waals surface area contributed by atoms with E-state index in [9.17, 15) is 19.3 Å². The molecule has 0 aliphatic heterocycles. The number of nitrogens with zero attached hydrogens (tertiary/aromatic N) is 2. The SMILES string of the molecule is N#Cc1cc(F)ccc1NC(=O)c1ccccc1[N+](=O)[O-]. The Hall–Kier alpha value is -3.27. The number of rotatable bonds is 3. The molecule has 0 aromatic heterocycles. The van der Waals surface area contributed by atoms with Crippen molar-refractivity contribution in [2.75, 3.05) is 5.32 Å². The number of benzene rings is 2. The largest absolute Gasteiger partial charge is 0.321 e. The van der Waals surface area contributed by atoms with E-state index in [1.165, 1.54) is 30.3 Å². The fraction of sp³-hybridized carbons (Fsp3) is 0. The lowest BCUT2D eigenvalue weighted by molar-refractivity contribution is -0.385. The minimum Gasteiger partial charge on any atom is -0.321 e. The normalized spacial score (nSPS) is 9.71. The summed E-state index contributed by atoms with van der Waals surface area (Å²) in [7, 11) is 0. The molecule has 0 bridgehead atoms. The van der Waals surface area contributed by atoms with E-state index >= 15 is 0 Å². The van der Waals surface area contributed by atoms with E-state index in [0.29, 0.717) is 0 Å². The molecule has 0 aliphatic carbocycles. The molecule has 6 nitrogen and oxygen atoms in total. The number of nitro benzene ring substituents is 1. The summed E-state index contributed by atoms with van der Waals surface area (Å²) < 4.78 is 13.0. The van der Waals surface area contributed by atoms with Gasteiger partial charge in [-0.3, -0.25) is 14.9 Å². The quantitative estimate of drug-likeness (QED) is 0.692. The molecule has 0 unspecified atom stereocenters. The third-order valence-corrected chi connectivity index (χ3v) is 2.70. The summed E-state index contributed by atoms with van der Waals surface area (Å²) in [6, 6.07) is 10.4. The Morgan fingerprint density at radius 2 is 2.00 bits per heavy atom. The number of hydrogen-bond donors (Lipinski definition) is 1. The summed E-state index contributed by atoms with van der Waals surface area (Å²) in [5.74, 6) is -1.36. The Morgan fingerprint density at radius 3 is 2.67 bits per heavy atom. The first kappa shape index (κ1) is 14.1. The van der Waals surface area contributed by atoms with E-state index in [4.69, 9.17) is 5.26 Å². The van der Waals surface area contributed by atoms with Crippen LogP contribution in [0.2, 0.25) is 0 Å². The predicted molar refractivity (Wildman–Crippen MR) is 72.2 cm³/mol. The predicted octanol–water partition coefficient (Wildman–Crippen LogP) is 2.86. The lowest BCUT2D eigenvalue weighted by Crippen LogP contribution is -2.14. The highest BCUT2D eigenvalue weighted by Crippen LogP contribution is 2.21. The molecule has 2 rings (SSSR count). The van der Waals surface area contributed by atoms with Crippen LogP contribution in [0.3, 0.4) is 0 Å². The van der Waals surface area contributed by atoms with Crippen molar-refractivity contribution in [3.8, 4) is 6.07 Å². The van der Waals surface area contributed by atoms with Crippen LogP contribution in [0.25, 0.3) is 0 Å². The lowest BCUT2D eigenvalue weighted by atomic mass is 10.1. The molecular weight excluding hydrogens is 277 g/mol. The Bertz CT molecular complexity index is 768. The summed E-state index contributed by atoms with van der Waals surface area (Å²) in [4.78, 5) is 22.3. The number of carbonyl (C=O) groups excluding carboxylic acids is 1. The van der Waals surface area contributed by atoms with Gasteiger partial charge in [0.1, 0.15) is 17.4 Å². The monoisotopic (exact) mass is 285 g/mol. The van der Waals surface area contributed by atoms with Crippen LogP contribution in [0, 0.1) is 27.3 Å². The Balaban J connectivity index is 2.36. The number of para-hydroxylation sites is 1. The van der Waals surface area contributed by atoms with E-state index in [2.05, 4.69) is 5.32 Å². The molecular formula is C14H8FN3O3. The first-order chi connectivity index (χ1) is 10.0. The van der Waals surface area contributed by atoms with Crippen LogP contribution in [0.5, 0.6) is 0 Å². The number of nitrogens with one attached hydrogen (secondary N) is 1. The smallest absolute Gasteiger partial charge is 0.282 e. The summed E-state index contributed by atoms with van der Waals surface area (Å²) in [6.07, 6.45) is 0. The molecule has 2 aromatic rings. The van der Waals surface area contributed by atoms with Crippen molar-refractivity contribution in [3.63, 3.8) is 0 Å². The van der Waals surface area contributed by atoms with Crippen LogP contribution in [-0.4, -0.2) is 10.8 Å². The maximum Gasteiger partial charge on any atom is 0.282 e. The van der Waals surface area contributed by atoms with Crippen molar-refractivity contribution in [3.05, 3.63) is 69.5 Å². The zero-order chi connectivity index (χ0) is 15.4. The first-order valence-electron chi connectivity index (χ1n) is 5.77. The van der Waals surface area contributed by atoms with Crippen LogP contribution in [0.1, 0.15) is 15.9 Å². The lowest BCUT2D eigenvalue weighted by Gasteiger charge is -2.07. The maximum absolute atomic E-state index is 13.0. The van der Waals surface area contributed by atoms with Gasteiger partial charge >= 0.3 is 0 Å². The van der Waals surface area contributed by atoms with Crippen molar-refractivity contribution in [2.45, 2.75) is 0 Å². The van der Waals surface area contributed by atoms with Crippen molar-refractivity contribution in [2.24, 2.45) is 0 Å². The van der Waals surface area contributed by atoms with Gasteiger partial charge in [-0.15, -0.1) is 0 Å². The van der Waals surface area contributed by atoms with E-state index < -0.39 is 16.6 Å². The Labute approximate surface area is 118 Å². The van der Waals surface area contributed by atoms with Crippen LogP contribution in [-0.2, 0) is 0 Å². The van der Waals surface area contributed by atoms with Crippen molar-refractivity contribution in [1.29, 1.82) is 5.26 Å². The second-order valence-electron chi connectivity index (χ2n) is 4.03. The minimum absolute atomic E-state index is 0.0677. The molecule has 0 fully saturated rings. The fourth-order valence-corrected chi connectivity index (χ4v) is 1.73. The number of carbonyl (C=O) groups is 1. The van der Waals surface area contributed by atoms with Gasteiger partial charge in [-0.2, -0.15) is 5.26 Å². The van der Waals surface area contributed by atoms with Crippen LogP contribution in [0.15, 0.2) is 42.5 Å². The zero-order valence-electron chi connectivity index (χ0n) is 10.5. The van der Waals surface area contributed by atoms with Gasteiger partial charge in [0.05, 0.1) is 16.2 Å². The van der Waals surface area contributed by atoms with E-state index in [1.54, 1.807) is 6.07 Å². The molecule has 2 aromatic carbocycles. The van der Waals surface area contributed by atoms with Gasteiger partial charge < -0.3 is 5.32 Å². The number of anilines is 1. The van der Waals surface area contributed by atoms with Gasteiger partial charge in [0.2, 0.25) is 0 Å². The highest BCUT2D eigenvalue weighted by atomic mass is 19.1. The number of nitro groups is 1. The molecule has 0 heterocycles. The van der Waals surface area contributed by atoms with Crippen molar-refractivity contribution in [1.82, 2.24) is 0 Å². The van der Waals surface area contributed by atoms with Crippen LogP contribution in [0.4, 0.5) is 15.8 Å². The highest BCUT2D eigenvalue weighted by molar-refractivity contribution is 6.07. The number of nitriles is 1. The van der Waals surface area contributed by atoms with Gasteiger partial charge in [0.25, 0.3) is 11.6 Å². The second kappa shape index (κ2) is 5.79. The topological polar surface area (TPSA) is 96.0 Å². The summed E-state index contributed by atoms with van der Waals surface area (Å²) in [6.45, 7) is 0. The molecule has 0 spiro atoms. The second-order valence-corrected chi connectivity index (χ2v) is 4.03. The standard InChI is InChI=1S/C14H8FN3O3/c15-10-5-6-12(9(7-10)8-16)17-14(19)11-3-1-2-4-13(11)18(20)21/h1-7H,(H,17,19). The third kappa shape index (κ3) is 3.01. The van der Waals surface area contributed by atoms with Gasteiger partial charge in [-0.25, -0.2) is 4.39 Å². The van der Waals surface area contributed by atoms with E-state index in [1.807, 2.05) is 0 Å². The molecule has 0 atom stereocenters. The van der Waals surface area contributed by atoms with E-state index in [0.717, 1.165) is 12.1 Å². The number of hydrogen-bond acceptors (Lipinski definition) is 4. The average molecular weight is 285 g/mol. The Kier molecular flexibility index (Phi) is 3.90. The molecule has 21 heavy (non-hydrogen) atoms. The first-order valence-corrected chi connectivity index (χ1v) is 5.77. The summed E-state index contributed by atoms with van der Waals surface area (Å²) in [5.41, 5.74) is -0.477. The molecule has 1 N–H and O–H groups in total. The number of amides is 1. The summed E-state index contributed by atoms with van der Waals surface area (Å²) in [5, 5.41) is 22.1. The Morgan fingerprint density at radius 1 is 1.29 bits per heavy atom. The molecule has 7 heteroatoms. The van der Waals surface area contributed by atoms with Crippen molar-refractivity contribution >= 4 is 17.3 Å².